The van der Waals surface area contributed by atoms with Crippen molar-refractivity contribution in [3.05, 3.63) is 34.6 Å². The first kappa shape index (κ1) is 14.2. The third-order valence-electron chi connectivity index (χ3n) is 3.54. The van der Waals surface area contributed by atoms with E-state index in [-0.39, 0.29) is 16.6 Å². The van der Waals surface area contributed by atoms with E-state index < -0.39 is 0 Å². The van der Waals surface area contributed by atoms with Gasteiger partial charge in [0.15, 0.2) is 0 Å². The maximum absolute atomic E-state index is 14.1. The normalized spacial score (nSPS) is 25.3. The molecule has 18 heavy (non-hydrogen) atoms. The zero-order valence-corrected chi connectivity index (χ0v) is 12.4. The van der Waals surface area contributed by atoms with Gasteiger partial charge in [-0.3, -0.25) is 0 Å². The summed E-state index contributed by atoms with van der Waals surface area (Å²) in [5.41, 5.74) is 0.734. The minimum atomic E-state index is -0.206. The first-order chi connectivity index (χ1) is 8.57. The molecule has 1 N–H and O–H groups in total. The van der Waals surface area contributed by atoms with Gasteiger partial charge in [-0.05, 0) is 44.2 Å². The van der Waals surface area contributed by atoms with Gasteiger partial charge >= 0.3 is 0 Å². The van der Waals surface area contributed by atoms with Gasteiger partial charge in [0.2, 0.25) is 0 Å². The maximum atomic E-state index is 14.1. The molecule has 0 bridgehead atoms. The van der Waals surface area contributed by atoms with Gasteiger partial charge in [0.25, 0.3) is 0 Å². The van der Waals surface area contributed by atoms with Crippen LogP contribution in [0, 0.1) is 5.82 Å². The molecule has 1 nitrogen and oxygen atoms in total. The molecule has 0 saturated carbocycles. The molecule has 2 unspecified atom stereocenters. The van der Waals surface area contributed by atoms with Gasteiger partial charge in [-0.25, -0.2) is 4.39 Å². The van der Waals surface area contributed by atoms with Crippen molar-refractivity contribution in [3.63, 3.8) is 0 Å². The smallest absolute Gasteiger partial charge is 0.129 e. The standard InChI is InChI=1S/C14H19ClFNS/c1-3-17-13(14(2)7-4-8-18-14)11-6-5-10(15)9-12(11)16/h5-6,9,13,17H,3-4,7-8H2,1-2H3. The Kier molecular flexibility index (Phi) is 4.57. The van der Waals surface area contributed by atoms with Crippen LogP contribution in [-0.4, -0.2) is 17.0 Å². The Bertz CT molecular complexity index is 418. The van der Waals surface area contributed by atoms with Gasteiger partial charge in [0.05, 0.1) is 0 Å². The molecule has 1 saturated heterocycles. The highest BCUT2D eigenvalue weighted by Gasteiger charge is 2.39. The van der Waals surface area contributed by atoms with Crippen LogP contribution in [0.5, 0.6) is 0 Å². The van der Waals surface area contributed by atoms with E-state index in [0.29, 0.717) is 5.02 Å². The Morgan fingerprint density at radius 1 is 1.56 bits per heavy atom. The van der Waals surface area contributed by atoms with Crippen molar-refractivity contribution in [1.82, 2.24) is 5.32 Å². The fourth-order valence-electron chi connectivity index (χ4n) is 2.62. The molecule has 2 atom stereocenters. The van der Waals surface area contributed by atoms with Crippen LogP contribution in [0.1, 0.15) is 38.3 Å². The summed E-state index contributed by atoms with van der Waals surface area (Å²) in [6.07, 6.45) is 2.33. The first-order valence-electron chi connectivity index (χ1n) is 6.39. The van der Waals surface area contributed by atoms with E-state index >= 15 is 0 Å². The van der Waals surface area contributed by atoms with Crippen molar-refractivity contribution >= 4 is 23.4 Å². The third-order valence-corrected chi connectivity index (χ3v) is 5.37. The summed E-state index contributed by atoms with van der Waals surface area (Å²) in [6, 6.07) is 5.04. The van der Waals surface area contributed by atoms with Crippen LogP contribution < -0.4 is 5.32 Å². The molecule has 0 aromatic heterocycles. The number of halogens is 2. The molecule has 4 heteroatoms. The van der Waals surface area contributed by atoms with E-state index in [1.165, 1.54) is 12.5 Å². The molecule has 1 aliphatic rings. The van der Waals surface area contributed by atoms with Gasteiger partial charge in [0, 0.05) is 21.4 Å². The summed E-state index contributed by atoms with van der Waals surface area (Å²) >= 11 is 7.77. The molecule has 0 radical (unpaired) electrons. The lowest BCUT2D eigenvalue weighted by Crippen LogP contribution is -2.38. The lowest BCUT2D eigenvalue weighted by molar-refractivity contribution is 0.407. The van der Waals surface area contributed by atoms with Crippen molar-refractivity contribution in [3.8, 4) is 0 Å². The van der Waals surface area contributed by atoms with Crippen LogP contribution in [0.3, 0.4) is 0 Å². The van der Waals surface area contributed by atoms with E-state index in [4.69, 9.17) is 11.6 Å². The largest absolute Gasteiger partial charge is 0.309 e. The highest BCUT2D eigenvalue weighted by Crippen LogP contribution is 2.47. The minimum absolute atomic E-state index is 0.0484. The number of hydrogen-bond acceptors (Lipinski definition) is 2. The number of hydrogen-bond donors (Lipinski definition) is 1. The molecule has 1 fully saturated rings. The highest BCUT2D eigenvalue weighted by molar-refractivity contribution is 8.00. The molecule has 100 valence electrons. The lowest BCUT2D eigenvalue weighted by atomic mass is 9.90. The topological polar surface area (TPSA) is 12.0 Å². The fourth-order valence-corrected chi connectivity index (χ4v) is 4.20. The van der Waals surface area contributed by atoms with Crippen LogP contribution >= 0.6 is 23.4 Å². The zero-order chi connectivity index (χ0) is 13.2. The fraction of sp³-hybridized carbons (Fsp3) is 0.571. The van der Waals surface area contributed by atoms with Gasteiger partial charge in [-0.15, -0.1) is 0 Å². The molecular formula is C14H19ClFNS. The van der Waals surface area contributed by atoms with E-state index in [9.17, 15) is 4.39 Å². The second-order valence-corrected chi connectivity index (χ2v) is 6.99. The summed E-state index contributed by atoms with van der Waals surface area (Å²) < 4.78 is 14.2. The number of rotatable bonds is 4. The van der Waals surface area contributed by atoms with Gasteiger partial charge in [0.1, 0.15) is 5.82 Å². The predicted octanol–water partition coefficient (Wildman–Crippen LogP) is 4.42. The van der Waals surface area contributed by atoms with Crippen LogP contribution in [0.2, 0.25) is 5.02 Å². The average molecular weight is 288 g/mol. The van der Waals surface area contributed by atoms with Crippen LogP contribution in [-0.2, 0) is 0 Å². The van der Waals surface area contributed by atoms with Crippen molar-refractivity contribution < 1.29 is 4.39 Å². The maximum Gasteiger partial charge on any atom is 0.129 e. The lowest BCUT2D eigenvalue weighted by Gasteiger charge is -2.34. The quantitative estimate of drug-likeness (QED) is 0.880. The van der Waals surface area contributed by atoms with E-state index in [1.807, 2.05) is 17.8 Å². The van der Waals surface area contributed by atoms with Crippen molar-refractivity contribution in [1.29, 1.82) is 0 Å². The van der Waals surface area contributed by atoms with E-state index in [0.717, 1.165) is 24.3 Å². The van der Waals surface area contributed by atoms with Crippen molar-refractivity contribution in [2.24, 2.45) is 0 Å². The van der Waals surface area contributed by atoms with Crippen molar-refractivity contribution in [2.45, 2.75) is 37.5 Å². The zero-order valence-electron chi connectivity index (χ0n) is 10.8. The van der Waals surface area contributed by atoms with E-state index in [2.05, 4.69) is 19.2 Å². The molecule has 0 aliphatic carbocycles. The second kappa shape index (κ2) is 5.81. The molecule has 1 aromatic carbocycles. The Morgan fingerprint density at radius 3 is 2.89 bits per heavy atom. The Balaban J connectivity index is 2.34. The average Bonchev–Trinajstić information content (AvgIpc) is 2.75. The van der Waals surface area contributed by atoms with Crippen LogP contribution in [0.25, 0.3) is 0 Å². The van der Waals surface area contributed by atoms with Gasteiger partial charge in [-0.2, -0.15) is 11.8 Å². The monoisotopic (exact) mass is 287 g/mol. The van der Waals surface area contributed by atoms with Gasteiger partial charge < -0.3 is 5.32 Å². The summed E-state index contributed by atoms with van der Waals surface area (Å²) in [5, 5.41) is 3.89. The Labute approximate surface area is 117 Å². The molecule has 1 heterocycles. The predicted molar refractivity (Wildman–Crippen MR) is 77.9 cm³/mol. The van der Waals surface area contributed by atoms with Crippen LogP contribution in [0.4, 0.5) is 4.39 Å². The Hall–Kier alpha value is -0.250. The molecular weight excluding hydrogens is 269 g/mol. The molecule has 1 aliphatic heterocycles. The third kappa shape index (κ3) is 2.84. The summed E-state index contributed by atoms with van der Waals surface area (Å²) in [5.74, 6) is 0.954. The second-order valence-electron chi connectivity index (χ2n) is 4.92. The van der Waals surface area contributed by atoms with Gasteiger partial charge in [-0.1, -0.05) is 24.6 Å². The molecule has 0 spiro atoms. The first-order valence-corrected chi connectivity index (χ1v) is 7.75. The van der Waals surface area contributed by atoms with Crippen LogP contribution in [0.15, 0.2) is 18.2 Å². The molecule has 2 rings (SSSR count). The Morgan fingerprint density at radius 2 is 2.33 bits per heavy atom. The number of nitrogens with one attached hydrogen (secondary N) is 1. The molecule has 0 amide bonds. The molecule has 1 aromatic rings. The summed E-state index contributed by atoms with van der Waals surface area (Å²) in [6.45, 7) is 5.12. The highest BCUT2D eigenvalue weighted by atomic mass is 35.5. The number of thioether (sulfide) groups is 1. The van der Waals surface area contributed by atoms with Crippen molar-refractivity contribution in [2.75, 3.05) is 12.3 Å². The summed E-state index contributed by atoms with van der Waals surface area (Å²) in [7, 11) is 0. The SMILES string of the molecule is CCNC(c1ccc(Cl)cc1F)C1(C)CCCS1. The number of benzene rings is 1. The summed E-state index contributed by atoms with van der Waals surface area (Å²) in [4.78, 5) is 0. The minimum Gasteiger partial charge on any atom is -0.309 e. The van der Waals surface area contributed by atoms with E-state index in [1.54, 1.807) is 6.07 Å².